The van der Waals surface area contributed by atoms with Gasteiger partial charge in [0.15, 0.2) is 0 Å². The molecule has 1 aliphatic heterocycles. The van der Waals surface area contributed by atoms with Gasteiger partial charge in [-0.1, -0.05) is 18.2 Å². The molecule has 152 valence electrons. The summed E-state index contributed by atoms with van der Waals surface area (Å²) in [7, 11) is 0. The Hall–Kier alpha value is -3.62. The molecule has 0 spiro atoms. The van der Waals surface area contributed by atoms with E-state index in [0.29, 0.717) is 49.9 Å². The first-order valence-corrected chi connectivity index (χ1v) is 9.26. The minimum absolute atomic E-state index is 0.0135. The van der Waals surface area contributed by atoms with Gasteiger partial charge in [0.1, 0.15) is 11.4 Å². The normalized spacial score (nSPS) is 13.7. The lowest BCUT2D eigenvalue weighted by atomic mass is 10.2. The molecule has 9 nitrogen and oxygen atoms in total. The number of nitrogens with zero attached hydrogens (tertiary/aromatic N) is 3. The predicted octanol–water partition coefficient (Wildman–Crippen LogP) is 2.31. The average molecular weight is 398 g/mol. The van der Waals surface area contributed by atoms with Crippen LogP contribution in [0.4, 0.5) is 16.3 Å². The quantitative estimate of drug-likeness (QED) is 0.795. The average Bonchev–Trinajstić information content (AvgIpc) is 2.74. The molecular weight excluding hydrogens is 376 g/mol. The summed E-state index contributed by atoms with van der Waals surface area (Å²) in [4.78, 5) is 43.5. The second-order valence-electron chi connectivity index (χ2n) is 6.39. The van der Waals surface area contributed by atoms with Gasteiger partial charge in [0.25, 0.3) is 5.91 Å². The Balaban J connectivity index is 1.73. The van der Waals surface area contributed by atoms with Gasteiger partial charge in [-0.2, -0.15) is 0 Å². The number of rotatable bonds is 5. The van der Waals surface area contributed by atoms with E-state index in [-0.39, 0.29) is 17.6 Å². The van der Waals surface area contributed by atoms with Crippen molar-refractivity contribution in [2.24, 2.45) is 0 Å². The van der Waals surface area contributed by atoms with Crippen LogP contribution in [0.2, 0.25) is 0 Å². The molecule has 29 heavy (non-hydrogen) atoms. The van der Waals surface area contributed by atoms with Gasteiger partial charge in [0.2, 0.25) is 0 Å². The van der Waals surface area contributed by atoms with E-state index in [4.69, 9.17) is 4.74 Å². The Morgan fingerprint density at radius 2 is 1.83 bits per heavy atom. The molecule has 9 heteroatoms. The molecule has 0 bridgehead atoms. The van der Waals surface area contributed by atoms with Gasteiger partial charge in [-0.3, -0.25) is 4.79 Å². The Morgan fingerprint density at radius 1 is 1.14 bits per heavy atom. The van der Waals surface area contributed by atoms with Crippen LogP contribution in [-0.4, -0.2) is 65.7 Å². The summed E-state index contributed by atoms with van der Waals surface area (Å²) < 4.78 is 4.99. The van der Waals surface area contributed by atoms with Crippen molar-refractivity contribution in [3.05, 3.63) is 53.7 Å². The summed E-state index contributed by atoms with van der Waals surface area (Å²) in [6, 6.07) is 10.0. The molecule has 0 saturated carbocycles. The predicted molar refractivity (Wildman–Crippen MR) is 106 cm³/mol. The highest BCUT2D eigenvalue weighted by Gasteiger charge is 2.26. The van der Waals surface area contributed by atoms with Gasteiger partial charge in [0.05, 0.1) is 18.5 Å². The lowest BCUT2D eigenvalue weighted by Gasteiger charge is -2.35. The SMILES string of the molecule is CCOC(=O)N1CCN(c2ncc(NC(=O)c3ccccc3)cc2C(=O)O)CC1. The van der Waals surface area contributed by atoms with Crippen LogP contribution in [0, 0.1) is 0 Å². The second kappa shape index (κ2) is 9.05. The fourth-order valence-electron chi connectivity index (χ4n) is 3.04. The summed E-state index contributed by atoms with van der Waals surface area (Å²) >= 11 is 0. The molecule has 2 heterocycles. The molecule has 1 saturated heterocycles. The molecular formula is C20H22N4O5. The third kappa shape index (κ3) is 4.81. The molecule has 2 amide bonds. The third-order valence-electron chi connectivity index (χ3n) is 4.50. The van der Waals surface area contributed by atoms with Crippen LogP contribution in [0.15, 0.2) is 42.6 Å². The van der Waals surface area contributed by atoms with Gasteiger partial charge in [-0.15, -0.1) is 0 Å². The van der Waals surface area contributed by atoms with Crippen molar-refractivity contribution in [2.45, 2.75) is 6.92 Å². The van der Waals surface area contributed by atoms with Crippen LogP contribution >= 0.6 is 0 Å². The number of piperazine rings is 1. The monoisotopic (exact) mass is 398 g/mol. The smallest absolute Gasteiger partial charge is 0.409 e. The molecule has 0 aliphatic carbocycles. The summed E-state index contributed by atoms with van der Waals surface area (Å²) in [6.45, 7) is 3.73. The fraction of sp³-hybridized carbons (Fsp3) is 0.300. The lowest BCUT2D eigenvalue weighted by molar-refractivity contribution is 0.0695. The highest BCUT2D eigenvalue weighted by atomic mass is 16.6. The maximum atomic E-state index is 12.3. The number of pyridine rings is 1. The molecule has 0 atom stereocenters. The molecule has 1 aliphatic rings. The van der Waals surface area contributed by atoms with Crippen molar-refractivity contribution in [3.63, 3.8) is 0 Å². The van der Waals surface area contributed by atoms with E-state index in [1.165, 1.54) is 12.3 Å². The molecule has 1 fully saturated rings. The van der Waals surface area contributed by atoms with Crippen molar-refractivity contribution >= 4 is 29.5 Å². The molecule has 3 rings (SSSR count). The van der Waals surface area contributed by atoms with Crippen molar-refractivity contribution in [2.75, 3.05) is 43.0 Å². The highest BCUT2D eigenvalue weighted by molar-refractivity contribution is 6.05. The van der Waals surface area contributed by atoms with E-state index in [0.717, 1.165) is 0 Å². The first kappa shape index (κ1) is 20.1. The van der Waals surface area contributed by atoms with E-state index < -0.39 is 5.97 Å². The number of carbonyl (C=O) groups is 3. The minimum Gasteiger partial charge on any atom is -0.478 e. The summed E-state index contributed by atoms with van der Waals surface area (Å²) in [5, 5.41) is 12.3. The Labute approximate surface area is 167 Å². The Kier molecular flexibility index (Phi) is 6.28. The van der Waals surface area contributed by atoms with Crippen LogP contribution in [0.5, 0.6) is 0 Å². The summed E-state index contributed by atoms with van der Waals surface area (Å²) in [6.07, 6.45) is 1.05. The lowest BCUT2D eigenvalue weighted by Crippen LogP contribution is -2.49. The molecule has 2 aromatic rings. The summed E-state index contributed by atoms with van der Waals surface area (Å²) in [5.74, 6) is -1.19. The molecule has 0 unspecified atom stereocenters. The number of nitrogens with one attached hydrogen (secondary N) is 1. The third-order valence-corrected chi connectivity index (χ3v) is 4.50. The number of ether oxygens (including phenoxy) is 1. The van der Waals surface area contributed by atoms with Crippen LogP contribution in [-0.2, 0) is 4.74 Å². The molecule has 1 aromatic heterocycles. The van der Waals surface area contributed by atoms with Crippen LogP contribution in [0.3, 0.4) is 0 Å². The van der Waals surface area contributed by atoms with E-state index in [1.54, 1.807) is 42.2 Å². The number of carboxylic acids is 1. The number of amides is 2. The minimum atomic E-state index is -1.14. The van der Waals surface area contributed by atoms with Gasteiger partial charge < -0.3 is 25.0 Å². The van der Waals surface area contributed by atoms with Crippen molar-refractivity contribution in [1.82, 2.24) is 9.88 Å². The molecule has 1 aromatic carbocycles. The maximum absolute atomic E-state index is 12.3. The standard InChI is InChI=1S/C20H22N4O5/c1-2-29-20(28)24-10-8-23(9-11-24)17-16(19(26)27)12-15(13-21-17)22-18(25)14-6-4-3-5-7-14/h3-7,12-13H,2,8-11H2,1H3,(H,22,25)(H,26,27). The van der Waals surface area contributed by atoms with Gasteiger partial charge >= 0.3 is 12.1 Å². The first-order chi connectivity index (χ1) is 14.0. The van der Waals surface area contributed by atoms with Gasteiger partial charge in [-0.05, 0) is 25.1 Å². The van der Waals surface area contributed by atoms with Crippen molar-refractivity contribution < 1.29 is 24.2 Å². The zero-order valence-electron chi connectivity index (χ0n) is 16.0. The molecule has 2 N–H and O–H groups in total. The number of aromatic carboxylic acids is 1. The number of carboxylic acid groups (broad SMARTS) is 1. The zero-order chi connectivity index (χ0) is 20.8. The molecule has 0 radical (unpaired) electrons. The Morgan fingerprint density at radius 3 is 2.45 bits per heavy atom. The highest BCUT2D eigenvalue weighted by Crippen LogP contribution is 2.23. The van der Waals surface area contributed by atoms with E-state index >= 15 is 0 Å². The van der Waals surface area contributed by atoms with E-state index in [2.05, 4.69) is 10.3 Å². The van der Waals surface area contributed by atoms with E-state index in [1.807, 2.05) is 4.90 Å². The van der Waals surface area contributed by atoms with Crippen molar-refractivity contribution in [1.29, 1.82) is 0 Å². The fourth-order valence-corrected chi connectivity index (χ4v) is 3.04. The second-order valence-corrected chi connectivity index (χ2v) is 6.39. The first-order valence-electron chi connectivity index (χ1n) is 9.26. The number of anilines is 2. The number of aromatic nitrogens is 1. The number of hydrogen-bond acceptors (Lipinski definition) is 6. The number of carbonyl (C=O) groups excluding carboxylic acids is 2. The van der Waals surface area contributed by atoms with Crippen LogP contribution < -0.4 is 10.2 Å². The number of benzene rings is 1. The van der Waals surface area contributed by atoms with Crippen molar-refractivity contribution in [3.8, 4) is 0 Å². The van der Waals surface area contributed by atoms with Crippen LogP contribution in [0.25, 0.3) is 0 Å². The van der Waals surface area contributed by atoms with Crippen LogP contribution in [0.1, 0.15) is 27.6 Å². The maximum Gasteiger partial charge on any atom is 0.409 e. The van der Waals surface area contributed by atoms with E-state index in [9.17, 15) is 19.5 Å². The Bertz CT molecular complexity index is 895. The summed E-state index contributed by atoms with van der Waals surface area (Å²) in [5.41, 5.74) is 0.745. The largest absolute Gasteiger partial charge is 0.478 e. The van der Waals surface area contributed by atoms with Gasteiger partial charge in [-0.25, -0.2) is 14.6 Å². The zero-order valence-corrected chi connectivity index (χ0v) is 16.0. The number of hydrogen-bond donors (Lipinski definition) is 2. The van der Waals surface area contributed by atoms with Gasteiger partial charge in [0, 0.05) is 31.7 Å². The topological polar surface area (TPSA) is 112 Å².